The van der Waals surface area contributed by atoms with Gasteiger partial charge in [0.25, 0.3) is 0 Å². The SMILES string of the molecule is CCCc1ccc(OCC(O)CN2CCN(CCO)CC2)cc1.Cl.Cl. The number of β-amino-alcohol motifs (C(OH)–C–C–N with tert-alkyl or cyclic N) is 2. The van der Waals surface area contributed by atoms with Crippen LogP contribution in [0, 0.1) is 0 Å². The maximum absolute atomic E-state index is 10.2. The summed E-state index contributed by atoms with van der Waals surface area (Å²) in [6.45, 7) is 7.86. The Morgan fingerprint density at radius 3 is 2.20 bits per heavy atom. The molecule has 1 fully saturated rings. The first-order valence-electron chi connectivity index (χ1n) is 8.66. The number of rotatable bonds is 9. The van der Waals surface area contributed by atoms with Gasteiger partial charge in [0.2, 0.25) is 0 Å². The summed E-state index contributed by atoms with van der Waals surface area (Å²) < 4.78 is 5.68. The van der Waals surface area contributed by atoms with E-state index in [-0.39, 0.29) is 31.4 Å². The first kappa shape index (κ1) is 24.4. The van der Waals surface area contributed by atoms with Gasteiger partial charge in [-0.1, -0.05) is 25.5 Å². The lowest BCUT2D eigenvalue weighted by Crippen LogP contribution is -2.49. The van der Waals surface area contributed by atoms with Crippen molar-refractivity contribution in [1.82, 2.24) is 9.80 Å². The van der Waals surface area contributed by atoms with Gasteiger partial charge in [-0.3, -0.25) is 9.80 Å². The second-order valence-electron chi connectivity index (χ2n) is 6.22. The van der Waals surface area contributed by atoms with E-state index in [4.69, 9.17) is 9.84 Å². The number of nitrogens with zero attached hydrogens (tertiary/aromatic N) is 2. The highest BCUT2D eigenvalue weighted by atomic mass is 35.5. The van der Waals surface area contributed by atoms with Gasteiger partial charge in [-0.2, -0.15) is 0 Å². The summed E-state index contributed by atoms with van der Waals surface area (Å²) in [6.07, 6.45) is 1.75. The summed E-state index contributed by atoms with van der Waals surface area (Å²) in [5.74, 6) is 0.816. The smallest absolute Gasteiger partial charge is 0.119 e. The highest BCUT2D eigenvalue weighted by Crippen LogP contribution is 2.14. The Hall–Kier alpha value is -0.560. The minimum Gasteiger partial charge on any atom is -0.491 e. The Labute approximate surface area is 163 Å². The van der Waals surface area contributed by atoms with Gasteiger partial charge < -0.3 is 14.9 Å². The Bertz CT molecular complexity index is 440. The molecule has 146 valence electrons. The molecule has 2 rings (SSSR count). The van der Waals surface area contributed by atoms with E-state index < -0.39 is 6.10 Å². The molecule has 1 heterocycles. The maximum Gasteiger partial charge on any atom is 0.119 e. The van der Waals surface area contributed by atoms with Crippen LogP contribution in [0.4, 0.5) is 0 Å². The van der Waals surface area contributed by atoms with Gasteiger partial charge in [-0.15, -0.1) is 24.8 Å². The molecule has 1 aromatic rings. The van der Waals surface area contributed by atoms with E-state index in [1.54, 1.807) is 0 Å². The van der Waals surface area contributed by atoms with Crippen molar-refractivity contribution < 1.29 is 14.9 Å². The molecular formula is C18H32Cl2N2O3. The fraction of sp³-hybridized carbons (Fsp3) is 0.667. The van der Waals surface area contributed by atoms with Crippen molar-refractivity contribution in [3.05, 3.63) is 29.8 Å². The van der Waals surface area contributed by atoms with Gasteiger partial charge in [0.15, 0.2) is 0 Å². The molecule has 0 spiro atoms. The van der Waals surface area contributed by atoms with Crippen LogP contribution in [0.3, 0.4) is 0 Å². The quantitative estimate of drug-likeness (QED) is 0.668. The molecule has 1 unspecified atom stereocenters. The van der Waals surface area contributed by atoms with Crippen LogP contribution in [-0.2, 0) is 6.42 Å². The summed E-state index contributed by atoms with van der Waals surface area (Å²) in [6, 6.07) is 8.13. The molecule has 1 aliphatic heterocycles. The second kappa shape index (κ2) is 13.6. The van der Waals surface area contributed by atoms with E-state index in [0.717, 1.165) is 51.3 Å². The van der Waals surface area contributed by atoms with Crippen molar-refractivity contribution in [2.75, 3.05) is 52.5 Å². The number of halogens is 2. The number of benzene rings is 1. The third-order valence-electron chi connectivity index (χ3n) is 4.25. The third kappa shape index (κ3) is 9.08. The molecule has 1 saturated heterocycles. The zero-order valence-corrected chi connectivity index (χ0v) is 16.6. The summed E-state index contributed by atoms with van der Waals surface area (Å²) in [5, 5.41) is 19.1. The van der Waals surface area contributed by atoms with Gasteiger partial charge in [0, 0.05) is 39.3 Å². The largest absolute Gasteiger partial charge is 0.491 e. The van der Waals surface area contributed by atoms with E-state index in [2.05, 4.69) is 28.9 Å². The lowest BCUT2D eigenvalue weighted by Gasteiger charge is -2.35. The predicted octanol–water partition coefficient (Wildman–Crippen LogP) is 1.83. The fourth-order valence-corrected chi connectivity index (χ4v) is 2.92. The summed E-state index contributed by atoms with van der Waals surface area (Å²) in [7, 11) is 0. The van der Waals surface area contributed by atoms with Crippen LogP contribution >= 0.6 is 24.8 Å². The highest BCUT2D eigenvalue weighted by molar-refractivity contribution is 5.85. The van der Waals surface area contributed by atoms with Crippen LogP contribution in [0.5, 0.6) is 5.75 Å². The number of hydrogen-bond acceptors (Lipinski definition) is 5. The van der Waals surface area contributed by atoms with Gasteiger partial charge >= 0.3 is 0 Å². The lowest BCUT2D eigenvalue weighted by molar-refractivity contribution is 0.0428. The number of aryl methyl sites for hydroxylation is 1. The number of piperazine rings is 1. The summed E-state index contributed by atoms with van der Waals surface area (Å²) in [4.78, 5) is 4.50. The molecule has 7 heteroatoms. The minimum atomic E-state index is -0.477. The number of aliphatic hydroxyl groups excluding tert-OH is 2. The van der Waals surface area contributed by atoms with E-state index in [1.165, 1.54) is 5.56 Å². The molecule has 25 heavy (non-hydrogen) atoms. The van der Waals surface area contributed by atoms with E-state index >= 15 is 0 Å². The van der Waals surface area contributed by atoms with E-state index in [0.29, 0.717) is 13.2 Å². The highest BCUT2D eigenvalue weighted by Gasteiger charge is 2.19. The number of hydrogen-bond donors (Lipinski definition) is 2. The van der Waals surface area contributed by atoms with Crippen LogP contribution < -0.4 is 4.74 Å². The minimum absolute atomic E-state index is 0. The van der Waals surface area contributed by atoms with Crippen LogP contribution in [0.2, 0.25) is 0 Å². The Morgan fingerprint density at radius 2 is 1.64 bits per heavy atom. The molecule has 2 N–H and O–H groups in total. The zero-order chi connectivity index (χ0) is 16.5. The van der Waals surface area contributed by atoms with Crippen molar-refractivity contribution in [2.45, 2.75) is 25.9 Å². The third-order valence-corrected chi connectivity index (χ3v) is 4.25. The molecule has 0 aromatic heterocycles. The lowest BCUT2D eigenvalue weighted by atomic mass is 10.1. The predicted molar refractivity (Wildman–Crippen MR) is 106 cm³/mol. The van der Waals surface area contributed by atoms with Crippen LogP contribution in [0.25, 0.3) is 0 Å². The van der Waals surface area contributed by atoms with E-state index in [1.807, 2.05) is 12.1 Å². The average Bonchev–Trinajstić information content (AvgIpc) is 2.57. The summed E-state index contributed by atoms with van der Waals surface area (Å²) >= 11 is 0. The Balaban J connectivity index is 0.00000288. The van der Waals surface area contributed by atoms with Gasteiger partial charge in [0.05, 0.1) is 6.61 Å². The molecule has 5 nitrogen and oxygen atoms in total. The van der Waals surface area contributed by atoms with Gasteiger partial charge in [-0.25, -0.2) is 0 Å². The molecular weight excluding hydrogens is 363 g/mol. The normalized spacial score (nSPS) is 16.6. The van der Waals surface area contributed by atoms with Crippen molar-refractivity contribution in [3.63, 3.8) is 0 Å². The molecule has 0 bridgehead atoms. The first-order valence-corrected chi connectivity index (χ1v) is 8.66. The molecule has 0 saturated carbocycles. The maximum atomic E-state index is 10.2. The first-order chi connectivity index (χ1) is 11.2. The van der Waals surface area contributed by atoms with Crippen molar-refractivity contribution in [2.24, 2.45) is 0 Å². The monoisotopic (exact) mass is 394 g/mol. The Morgan fingerprint density at radius 1 is 1.04 bits per heavy atom. The number of ether oxygens (including phenoxy) is 1. The Kier molecular flexibility index (Phi) is 13.3. The second-order valence-corrected chi connectivity index (χ2v) is 6.22. The molecule has 0 radical (unpaired) electrons. The van der Waals surface area contributed by atoms with Gasteiger partial charge in [-0.05, 0) is 24.1 Å². The van der Waals surface area contributed by atoms with E-state index in [9.17, 15) is 5.11 Å². The molecule has 1 atom stereocenters. The van der Waals surface area contributed by atoms with Gasteiger partial charge in [0.1, 0.15) is 18.5 Å². The summed E-state index contributed by atoms with van der Waals surface area (Å²) in [5.41, 5.74) is 1.32. The number of aliphatic hydroxyl groups is 2. The van der Waals surface area contributed by atoms with Crippen molar-refractivity contribution in [1.29, 1.82) is 0 Å². The van der Waals surface area contributed by atoms with Crippen LogP contribution in [0.15, 0.2) is 24.3 Å². The molecule has 0 aliphatic carbocycles. The van der Waals surface area contributed by atoms with Crippen molar-refractivity contribution >= 4 is 24.8 Å². The topological polar surface area (TPSA) is 56.2 Å². The molecule has 1 aromatic carbocycles. The average molecular weight is 395 g/mol. The molecule has 1 aliphatic rings. The van der Waals surface area contributed by atoms with Crippen LogP contribution in [0.1, 0.15) is 18.9 Å². The zero-order valence-electron chi connectivity index (χ0n) is 15.0. The van der Waals surface area contributed by atoms with Crippen LogP contribution in [-0.4, -0.2) is 78.6 Å². The molecule has 0 amide bonds. The fourth-order valence-electron chi connectivity index (χ4n) is 2.92. The standard InChI is InChI=1S/C18H30N2O3.2ClH/c1-2-3-16-4-6-18(7-5-16)23-15-17(22)14-20-10-8-19(9-11-20)12-13-21;;/h4-7,17,21-22H,2-3,8-15H2,1H3;2*1H. The van der Waals surface area contributed by atoms with Crippen molar-refractivity contribution in [3.8, 4) is 5.75 Å².